The maximum atomic E-state index is 7.64. The van der Waals surface area contributed by atoms with E-state index in [0.717, 1.165) is 0 Å². The molecule has 0 saturated carbocycles. The first-order valence-corrected chi connectivity index (χ1v) is 5.80. The van der Waals surface area contributed by atoms with Gasteiger partial charge >= 0.3 is 0 Å². The number of H-pyrrole nitrogens is 1. The second-order valence-electron chi connectivity index (χ2n) is 5.15. The van der Waals surface area contributed by atoms with Crippen molar-refractivity contribution in [2.24, 2.45) is 4.99 Å². The fourth-order valence-corrected chi connectivity index (χ4v) is 1.32. The second kappa shape index (κ2) is 5.35. The van der Waals surface area contributed by atoms with Crippen LogP contribution in [0.5, 0.6) is 0 Å². The summed E-state index contributed by atoms with van der Waals surface area (Å²) in [6.07, 6.45) is 0.200. The number of aromatic nitrogens is 2. The van der Waals surface area contributed by atoms with Gasteiger partial charge in [-0.05, 0) is 34.6 Å². The van der Waals surface area contributed by atoms with Gasteiger partial charge in [-0.25, -0.2) is 4.68 Å². The minimum atomic E-state index is -0.194. The fourth-order valence-electron chi connectivity index (χ4n) is 1.32. The number of hydrogen-bond acceptors (Lipinski definition) is 4. The van der Waals surface area contributed by atoms with Crippen LogP contribution >= 0.6 is 0 Å². The molecule has 98 valence electrons. The van der Waals surface area contributed by atoms with Crippen molar-refractivity contribution in [1.29, 1.82) is 5.41 Å². The molecule has 0 spiro atoms. The predicted molar refractivity (Wildman–Crippen MR) is 63.4 cm³/mol. The Balaban J connectivity index is 2.86. The summed E-state index contributed by atoms with van der Waals surface area (Å²) in [5.41, 5.74) is 0.370. The van der Waals surface area contributed by atoms with Crippen molar-refractivity contribution < 1.29 is 9.26 Å². The zero-order valence-electron chi connectivity index (χ0n) is 11.2. The van der Waals surface area contributed by atoms with Gasteiger partial charge in [-0.1, -0.05) is 0 Å². The number of ether oxygens (including phenoxy) is 1. The van der Waals surface area contributed by atoms with E-state index in [-0.39, 0.29) is 17.2 Å². The van der Waals surface area contributed by atoms with E-state index in [0.29, 0.717) is 18.6 Å². The van der Waals surface area contributed by atoms with Gasteiger partial charge in [0.1, 0.15) is 0 Å². The van der Waals surface area contributed by atoms with E-state index in [1.54, 1.807) is 4.68 Å². The minimum absolute atomic E-state index is 0.0458. The Morgan fingerprint density at radius 1 is 1.47 bits per heavy atom. The van der Waals surface area contributed by atoms with Crippen LogP contribution in [-0.2, 0) is 10.3 Å². The van der Waals surface area contributed by atoms with Gasteiger partial charge in [-0.3, -0.25) is 10.4 Å². The average molecular weight is 242 g/mol. The summed E-state index contributed by atoms with van der Waals surface area (Å²) in [7, 11) is 0. The molecule has 0 amide bonds. The lowest BCUT2D eigenvalue weighted by Gasteiger charge is -2.18. The third kappa shape index (κ3) is 3.89. The van der Waals surface area contributed by atoms with Gasteiger partial charge in [0.05, 0.1) is 24.8 Å². The molecule has 0 fully saturated rings. The van der Waals surface area contributed by atoms with E-state index in [2.05, 4.69) is 10.3 Å². The van der Waals surface area contributed by atoms with Gasteiger partial charge in [-0.15, -0.1) is 0 Å². The number of nitrogens with zero attached hydrogens (tertiary/aromatic N) is 2. The van der Waals surface area contributed by atoms with Crippen molar-refractivity contribution in [3.8, 4) is 0 Å². The first-order valence-electron chi connectivity index (χ1n) is 5.80. The molecule has 0 aromatic carbocycles. The zero-order chi connectivity index (χ0) is 13.1. The van der Waals surface area contributed by atoms with Gasteiger partial charge in [-0.2, -0.15) is 5.27 Å². The van der Waals surface area contributed by atoms with E-state index in [9.17, 15) is 0 Å². The van der Waals surface area contributed by atoms with Crippen molar-refractivity contribution in [2.45, 2.75) is 46.3 Å². The first kappa shape index (κ1) is 13.8. The lowest BCUT2D eigenvalue weighted by Crippen LogP contribution is -2.38. The topological polar surface area (TPSA) is 79.3 Å². The number of nitrogens with one attached hydrogen (secondary N) is 2. The maximum Gasteiger partial charge on any atom is 0.284 e. The minimum Gasteiger partial charge on any atom is -0.377 e. The Morgan fingerprint density at radius 3 is 2.65 bits per heavy atom. The lowest BCUT2D eigenvalue weighted by atomic mass is 10.1. The molecule has 1 aromatic heterocycles. The summed E-state index contributed by atoms with van der Waals surface area (Å²) in [6, 6.07) is 0. The van der Waals surface area contributed by atoms with Crippen molar-refractivity contribution in [3.63, 3.8) is 0 Å². The molecule has 0 aliphatic rings. The molecule has 1 aromatic rings. The van der Waals surface area contributed by atoms with Crippen LogP contribution in [-0.4, -0.2) is 29.2 Å². The van der Waals surface area contributed by atoms with Crippen LogP contribution in [0.2, 0.25) is 0 Å². The average Bonchev–Trinajstić information content (AvgIpc) is 2.54. The molecule has 0 atom stereocenters. The molecule has 2 N–H and O–H groups in total. The number of hydrogen-bond donors (Lipinski definition) is 2. The largest absolute Gasteiger partial charge is 0.377 e. The van der Waals surface area contributed by atoms with Crippen molar-refractivity contribution in [3.05, 3.63) is 11.0 Å². The summed E-state index contributed by atoms with van der Waals surface area (Å²) in [5.74, 6) is 0. The zero-order valence-corrected chi connectivity index (χ0v) is 11.2. The molecule has 17 heavy (non-hydrogen) atoms. The van der Waals surface area contributed by atoms with E-state index in [1.165, 1.54) is 0 Å². The van der Waals surface area contributed by atoms with Crippen molar-refractivity contribution in [1.82, 2.24) is 9.95 Å². The highest BCUT2D eigenvalue weighted by atomic mass is 16.5. The van der Waals surface area contributed by atoms with E-state index >= 15 is 0 Å². The predicted octanol–water partition coefficient (Wildman–Crippen LogP) is 0.969. The molecule has 1 heterocycles. The smallest absolute Gasteiger partial charge is 0.284 e. The van der Waals surface area contributed by atoms with Crippen LogP contribution in [0.15, 0.2) is 9.52 Å². The summed E-state index contributed by atoms with van der Waals surface area (Å²) in [5, 5.41) is 10.3. The Bertz CT molecular complexity index is 459. The Morgan fingerprint density at radius 2 is 2.12 bits per heavy atom. The van der Waals surface area contributed by atoms with Gasteiger partial charge in [0.25, 0.3) is 5.55 Å². The molecular weight excluding hydrogens is 220 g/mol. The second-order valence-corrected chi connectivity index (χ2v) is 5.15. The first-order chi connectivity index (χ1) is 7.82. The Labute approximate surface area is 101 Å². The summed E-state index contributed by atoms with van der Waals surface area (Å²) in [6.45, 7) is 11.1. The van der Waals surface area contributed by atoms with Gasteiger partial charge < -0.3 is 9.26 Å². The van der Waals surface area contributed by atoms with Gasteiger partial charge in [0.15, 0.2) is 0 Å². The molecular formula is C11H22N4O2. The number of rotatable bonds is 4. The van der Waals surface area contributed by atoms with Crippen LogP contribution in [0.1, 0.15) is 34.6 Å². The third-order valence-electron chi connectivity index (χ3n) is 2.13. The summed E-state index contributed by atoms with van der Waals surface area (Å²) < 4.78 is 12.1. The molecule has 6 nitrogen and oxygen atoms in total. The van der Waals surface area contributed by atoms with E-state index < -0.39 is 0 Å². The summed E-state index contributed by atoms with van der Waals surface area (Å²) >= 11 is 0. The standard InChI is InChI=1S/C11H22N4O2/c1-8(2)16-7-6-13-10-9(12)17-14-15(10)11(3,4)5/h8,12,14H,6-7H2,1-5H3. The number of aromatic amines is 1. The molecule has 0 aliphatic carbocycles. The van der Waals surface area contributed by atoms with Crippen LogP contribution in [0, 0.1) is 5.41 Å². The molecule has 0 saturated heterocycles. The van der Waals surface area contributed by atoms with E-state index in [1.807, 2.05) is 34.6 Å². The molecule has 1 rings (SSSR count). The third-order valence-corrected chi connectivity index (χ3v) is 2.13. The quantitative estimate of drug-likeness (QED) is 0.771. The van der Waals surface area contributed by atoms with Crippen LogP contribution in [0.4, 0.5) is 0 Å². The molecule has 0 radical (unpaired) electrons. The molecule has 0 unspecified atom stereocenters. The molecule has 6 heteroatoms. The highest BCUT2D eigenvalue weighted by Crippen LogP contribution is 2.06. The normalized spacial score (nSPS) is 13.6. The Hall–Kier alpha value is -1.30. The lowest BCUT2D eigenvalue weighted by molar-refractivity contribution is 0.0847. The maximum absolute atomic E-state index is 7.64. The van der Waals surface area contributed by atoms with Gasteiger partial charge in [0, 0.05) is 0 Å². The van der Waals surface area contributed by atoms with Crippen molar-refractivity contribution >= 4 is 0 Å². The van der Waals surface area contributed by atoms with Crippen LogP contribution < -0.4 is 11.0 Å². The van der Waals surface area contributed by atoms with Crippen LogP contribution in [0.25, 0.3) is 0 Å². The Kier molecular flexibility index (Phi) is 4.34. The van der Waals surface area contributed by atoms with Crippen molar-refractivity contribution in [2.75, 3.05) is 13.2 Å². The summed E-state index contributed by atoms with van der Waals surface area (Å²) in [4.78, 5) is 4.33. The SMILES string of the molecule is CC(C)OCCN=c1c(=N)o[nH]n1C(C)(C)C. The fraction of sp³-hybridized carbons (Fsp3) is 0.818. The highest BCUT2D eigenvalue weighted by molar-refractivity contribution is 4.74. The highest BCUT2D eigenvalue weighted by Gasteiger charge is 2.16. The van der Waals surface area contributed by atoms with E-state index in [4.69, 9.17) is 14.7 Å². The monoisotopic (exact) mass is 242 g/mol. The van der Waals surface area contributed by atoms with Gasteiger partial charge in [0.2, 0.25) is 5.49 Å². The molecule has 0 aliphatic heterocycles. The molecule has 0 bridgehead atoms. The van der Waals surface area contributed by atoms with Crippen LogP contribution in [0.3, 0.4) is 0 Å².